The maximum Gasteiger partial charge on any atom is 0.416 e. The number of carbonyl (C=O) groups excluding carboxylic acids is 1. The van der Waals surface area contributed by atoms with Crippen LogP contribution in [0.2, 0.25) is 0 Å². The maximum absolute atomic E-state index is 13.1. The second-order valence-corrected chi connectivity index (χ2v) is 8.38. The lowest BCUT2D eigenvalue weighted by Gasteiger charge is -2.36. The molecule has 1 aliphatic heterocycles. The van der Waals surface area contributed by atoms with Gasteiger partial charge in [-0.15, -0.1) is 0 Å². The monoisotopic (exact) mass is 427 g/mol. The van der Waals surface area contributed by atoms with E-state index in [-0.39, 0.29) is 5.91 Å². The Morgan fingerprint density at radius 3 is 2.48 bits per heavy atom. The number of amides is 1. The molecule has 0 unspecified atom stereocenters. The van der Waals surface area contributed by atoms with Gasteiger partial charge in [-0.25, -0.2) is 0 Å². The van der Waals surface area contributed by atoms with Gasteiger partial charge in [-0.05, 0) is 67.6 Å². The number of nitrogens with zero attached hydrogens (tertiary/aromatic N) is 2. The summed E-state index contributed by atoms with van der Waals surface area (Å²) in [7, 11) is 0. The average molecular weight is 427 g/mol. The Labute approximate surface area is 178 Å². The first-order valence-corrected chi connectivity index (χ1v) is 10.7. The first kappa shape index (κ1) is 20.0. The number of hydrogen-bond donors (Lipinski definition) is 1. The number of alkyl halides is 3. The summed E-state index contributed by atoms with van der Waals surface area (Å²) in [6, 6.07) is 11.2. The molecule has 0 saturated carbocycles. The molecule has 162 valence electrons. The summed E-state index contributed by atoms with van der Waals surface area (Å²) in [6.07, 6.45) is 0.120. The van der Waals surface area contributed by atoms with Crippen LogP contribution in [0.15, 0.2) is 42.5 Å². The Morgan fingerprint density at radius 1 is 0.935 bits per heavy atom. The highest BCUT2D eigenvalue weighted by Crippen LogP contribution is 2.32. The summed E-state index contributed by atoms with van der Waals surface area (Å²) in [4.78, 5) is 20.3. The number of halogens is 3. The van der Waals surface area contributed by atoms with Gasteiger partial charge in [-0.3, -0.25) is 4.79 Å². The Bertz CT molecular complexity index is 1130. The zero-order valence-electron chi connectivity index (χ0n) is 17.1. The predicted molar refractivity (Wildman–Crippen MR) is 115 cm³/mol. The van der Waals surface area contributed by atoms with Gasteiger partial charge in [0.15, 0.2) is 0 Å². The van der Waals surface area contributed by atoms with Crippen molar-refractivity contribution in [1.82, 2.24) is 9.88 Å². The summed E-state index contributed by atoms with van der Waals surface area (Å²) in [5, 5.41) is 1.14. The fourth-order valence-corrected chi connectivity index (χ4v) is 4.77. The molecule has 0 atom stereocenters. The van der Waals surface area contributed by atoms with Gasteiger partial charge in [0.1, 0.15) is 0 Å². The molecular weight excluding hydrogens is 403 g/mol. The van der Waals surface area contributed by atoms with E-state index in [9.17, 15) is 18.0 Å². The van der Waals surface area contributed by atoms with Crippen LogP contribution in [0.3, 0.4) is 0 Å². The van der Waals surface area contributed by atoms with E-state index in [0.717, 1.165) is 29.8 Å². The topological polar surface area (TPSA) is 39.3 Å². The minimum Gasteiger partial charge on any atom is -0.368 e. The predicted octanol–water partition coefficient (Wildman–Crippen LogP) is 5.03. The number of piperazine rings is 1. The number of anilines is 1. The van der Waals surface area contributed by atoms with Crippen molar-refractivity contribution in [3.63, 3.8) is 0 Å². The molecule has 1 N–H and O–H groups in total. The number of carbonyl (C=O) groups is 1. The van der Waals surface area contributed by atoms with Crippen LogP contribution in [-0.4, -0.2) is 42.0 Å². The number of fused-ring (bicyclic) bond motifs is 3. The third-order valence-corrected chi connectivity index (χ3v) is 6.45. The van der Waals surface area contributed by atoms with E-state index in [1.54, 1.807) is 11.0 Å². The lowest BCUT2D eigenvalue weighted by atomic mass is 9.95. The van der Waals surface area contributed by atoms with Crippen LogP contribution in [0.4, 0.5) is 18.9 Å². The SMILES string of the molecule is O=C(c1ccc2[nH]c3c(c2c1)CCCC3)N1CCN(c2cccc(C(F)(F)F)c2)CC1. The van der Waals surface area contributed by atoms with Crippen molar-refractivity contribution in [3.05, 3.63) is 64.8 Å². The Kier molecular flexibility index (Phi) is 4.91. The standard InChI is InChI=1S/C24H24F3N3O/c25-24(26,27)17-4-3-5-18(15-17)29-10-12-30(13-11-29)23(31)16-8-9-22-20(14-16)19-6-1-2-7-21(19)28-22/h3-5,8-9,14-15,28H,1-2,6-7,10-13H2. The van der Waals surface area contributed by atoms with E-state index >= 15 is 0 Å². The van der Waals surface area contributed by atoms with Crippen molar-refractivity contribution in [2.75, 3.05) is 31.1 Å². The second kappa shape index (κ2) is 7.62. The highest BCUT2D eigenvalue weighted by atomic mass is 19.4. The molecule has 4 nitrogen and oxygen atoms in total. The summed E-state index contributed by atoms with van der Waals surface area (Å²) in [5.74, 6) is -0.0173. The summed E-state index contributed by atoms with van der Waals surface area (Å²) in [6.45, 7) is 1.99. The molecule has 2 aromatic carbocycles. The lowest BCUT2D eigenvalue weighted by molar-refractivity contribution is -0.137. The Morgan fingerprint density at radius 2 is 1.71 bits per heavy atom. The largest absolute Gasteiger partial charge is 0.416 e. The molecule has 1 saturated heterocycles. The van der Waals surface area contributed by atoms with Crippen molar-refractivity contribution in [3.8, 4) is 0 Å². The highest BCUT2D eigenvalue weighted by Gasteiger charge is 2.31. The number of H-pyrrole nitrogens is 1. The Hall–Kier alpha value is -2.96. The van der Waals surface area contributed by atoms with Gasteiger partial charge < -0.3 is 14.8 Å². The van der Waals surface area contributed by atoms with Crippen LogP contribution in [0.25, 0.3) is 10.9 Å². The van der Waals surface area contributed by atoms with E-state index in [4.69, 9.17) is 0 Å². The summed E-state index contributed by atoms with van der Waals surface area (Å²) < 4.78 is 39.0. The van der Waals surface area contributed by atoms with E-state index < -0.39 is 11.7 Å². The zero-order valence-corrected chi connectivity index (χ0v) is 17.1. The first-order valence-electron chi connectivity index (χ1n) is 10.7. The van der Waals surface area contributed by atoms with Crippen molar-refractivity contribution in [2.45, 2.75) is 31.9 Å². The van der Waals surface area contributed by atoms with Crippen LogP contribution >= 0.6 is 0 Å². The van der Waals surface area contributed by atoms with Gasteiger partial charge in [0.05, 0.1) is 5.56 Å². The van der Waals surface area contributed by atoms with Gasteiger partial charge in [-0.2, -0.15) is 13.2 Å². The molecule has 1 aromatic heterocycles. The number of aromatic nitrogens is 1. The van der Waals surface area contributed by atoms with E-state index in [1.165, 1.54) is 36.2 Å². The third-order valence-electron chi connectivity index (χ3n) is 6.45. The van der Waals surface area contributed by atoms with Gasteiger partial charge in [0, 0.05) is 54.0 Å². The quantitative estimate of drug-likeness (QED) is 0.623. The number of benzene rings is 2. The molecule has 3 aromatic rings. The van der Waals surface area contributed by atoms with Crippen LogP contribution in [0, 0.1) is 0 Å². The fourth-order valence-electron chi connectivity index (χ4n) is 4.77. The smallest absolute Gasteiger partial charge is 0.368 e. The van der Waals surface area contributed by atoms with E-state index in [2.05, 4.69) is 4.98 Å². The van der Waals surface area contributed by atoms with Gasteiger partial charge in [0.25, 0.3) is 5.91 Å². The molecule has 7 heteroatoms. The highest BCUT2D eigenvalue weighted by molar-refractivity contribution is 5.99. The summed E-state index contributed by atoms with van der Waals surface area (Å²) >= 11 is 0. The van der Waals surface area contributed by atoms with Crippen LogP contribution in [-0.2, 0) is 19.0 Å². The number of rotatable bonds is 2. The van der Waals surface area contributed by atoms with Gasteiger partial charge in [0.2, 0.25) is 0 Å². The number of nitrogens with one attached hydrogen (secondary N) is 1. The lowest BCUT2D eigenvalue weighted by Crippen LogP contribution is -2.48. The number of aromatic amines is 1. The van der Waals surface area contributed by atoms with Crippen molar-refractivity contribution >= 4 is 22.5 Å². The molecule has 2 aliphatic rings. The molecule has 1 aliphatic carbocycles. The van der Waals surface area contributed by atoms with Crippen LogP contribution < -0.4 is 4.90 Å². The van der Waals surface area contributed by atoms with Crippen molar-refractivity contribution in [1.29, 1.82) is 0 Å². The zero-order chi connectivity index (χ0) is 21.6. The molecule has 0 spiro atoms. The number of aryl methyl sites for hydroxylation is 2. The molecule has 2 heterocycles. The van der Waals surface area contributed by atoms with Crippen molar-refractivity contribution < 1.29 is 18.0 Å². The third kappa shape index (κ3) is 3.77. The fraction of sp³-hybridized carbons (Fsp3) is 0.375. The summed E-state index contributed by atoms with van der Waals surface area (Å²) in [5.41, 5.74) is 4.28. The van der Waals surface area contributed by atoms with E-state index in [0.29, 0.717) is 37.4 Å². The Balaban J connectivity index is 1.30. The maximum atomic E-state index is 13.1. The van der Waals surface area contributed by atoms with E-state index in [1.807, 2.05) is 23.1 Å². The van der Waals surface area contributed by atoms with Gasteiger partial charge in [-0.1, -0.05) is 6.07 Å². The molecule has 31 heavy (non-hydrogen) atoms. The normalized spacial score (nSPS) is 17.1. The molecule has 1 amide bonds. The number of hydrogen-bond acceptors (Lipinski definition) is 2. The first-order chi connectivity index (χ1) is 14.9. The molecule has 0 bridgehead atoms. The average Bonchev–Trinajstić information content (AvgIpc) is 3.16. The van der Waals surface area contributed by atoms with Crippen LogP contribution in [0.5, 0.6) is 0 Å². The van der Waals surface area contributed by atoms with Gasteiger partial charge >= 0.3 is 6.18 Å². The second-order valence-electron chi connectivity index (χ2n) is 8.38. The minimum absolute atomic E-state index is 0.0173. The minimum atomic E-state index is -4.36. The molecule has 5 rings (SSSR count). The molecule has 1 fully saturated rings. The van der Waals surface area contributed by atoms with Crippen molar-refractivity contribution in [2.24, 2.45) is 0 Å². The van der Waals surface area contributed by atoms with Crippen LogP contribution in [0.1, 0.15) is 40.0 Å². The molecule has 0 radical (unpaired) electrons. The molecular formula is C24H24F3N3O.